The van der Waals surface area contributed by atoms with Crippen molar-refractivity contribution in [1.29, 1.82) is 0 Å². The molecular formula is C29H34FN5O4. The van der Waals surface area contributed by atoms with Crippen molar-refractivity contribution in [3.8, 4) is 11.4 Å². The zero-order valence-electron chi connectivity index (χ0n) is 22.7. The molecule has 0 saturated carbocycles. The summed E-state index contributed by atoms with van der Waals surface area (Å²) in [6, 6.07) is 11.4. The predicted molar refractivity (Wildman–Crippen MR) is 147 cm³/mol. The molecule has 2 heterocycles. The number of rotatable bonds is 10. The second kappa shape index (κ2) is 11.7. The maximum Gasteiger partial charge on any atom is 0.277 e. The number of primary amides is 1. The third-order valence-corrected chi connectivity index (χ3v) is 7.18. The van der Waals surface area contributed by atoms with Gasteiger partial charge in [0.2, 0.25) is 5.91 Å². The Balaban J connectivity index is 1.62. The van der Waals surface area contributed by atoms with Crippen LogP contribution in [0.15, 0.2) is 42.5 Å². The molecule has 9 nitrogen and oxygen atoms in total. The molecule has 3 amide bonds. The van der Waals surface area contributed by atoms with Crippen molar-refractivity contribution in [2.45, 2.75) is 46.5 Å². The van der Waals surface area contributed by atoms with Crippen molar-refractivity contribution in [2.24, 2.45) is 11.7 Å². The SMILES string of the molecule is CCOc1ccc(-n2nc(C(N)=O)c3c2C(=O)N(c2ccc(N(C)C(=O)CC[C@H](C)CC)cc2)CC3)cc1F. The quantitative estimate of drug-likeness (QED) is 0.411. The number of anilines is 2. The smallest absolute Gasteiger partial charge is 0.277 e. The second-order valence-electron chi connectivity index (χ2n) is 9.73. The lowest BCUT2D eigenvalue weighted by Crippen LogP contribution is -2.39. The summed E-state index contributed by atoms with van der Waals surface area (Å²) in [5.74, 6) is -1.17. The van der Waals surface area contributed by atoms with E-state index in [0.29, 0.717) is 43.2 Å². The van der Waals surface area contributed by atoms with Crippen LogP contribution in [0.1, 0.15) is 66.6 Å². The van der Waals surface area contributed by atoms with Crippen molar-refractivity contribution < 1.29 is 23.5 Å². The van der Waals surface area contributed by atoms with Crippen LogP contribution in [0.25, 0.3) is 5.69 Å². The van der Waals surface area contributed by atoms with Crippen LogP contribution >= 0.6 is 0 Å². The number of nitrogens with zero attached hydrogens (tertiary/aromatic N) is 4. The van der Waals surface area contributed by atoms with Gasteiger partial charge in [-0.1, -0.05) is 20.3 Å². The van der Waals surface area contributed by atoms with Crippen molar-refractivity contribution in [1.82, 2.24) is 9.78 Å². The summed E-state index contributed by atoms with van der Waals surface area (Å²) in [4.78, 5) is 41.7. The number of amides is 3. The Morgan fingerprint density at radius 2 is 1.85 bits per heavy atom. The summed E-state index contributed by atoms with van der Waals surface area (Å²) in [5, 5.41) is 4.29. The molecule has 1 aromatic heterocycles. The molecule has 2 N–H and O–H groups in total. The van der Waals surface area contributed by atoms with Crippen LogP contribution in [0, 0.1) is 11.7 Å². The number of fused-ring (bicyclic) bond motifs is 1. The molecular weight excluding hydrogens is 501 g/mol. The number of nitrogens with two attached hydrogens (primary N) is 1. The highest BCUT2D eigenvalue weighted by Gasteiger charge is 2.34. The van der Waals surface area contributed by atoms with E-state index in [0.717, 1.165) is 18.5 Å². The van der Waals surface area contributed by atoms with E-state index in [4.69, 9.17) is 10.5 Å². The van der Waals surface area contributed by atoms with Crippen molar-refractivity contribution in [2.75, 3.05) is 30.0 Å². The van der Waals surface area contributed by atoms with Gasteiger partial charge in [-0.05, 0) is 62.1 Å². The fraction of sp³-hybridized carbons (Fsp3) is 0.379. The lowest BCUT2D eigenvalue weighted by Gasteiger charge is -2.28. The Hall–Kier alpha value is -4.21. The van der Waals surface area contributed by atoms with Crippen molar-refractivity contribution >= 4 is 29.1 Å². The summed E-state index contributed by atoms with van der Waals surface area (Å²) in [6.45, 7) is 6.60. The fourth-order valence-electron chi connectivity index (χ4n) is 4.63. The third-order valence-electron chi connectivity index (χ3n) is 7.18. The van der Waals surface area contributed by atoms with Gasteiger partial charge in [-0.15, -0.1) is 0 Å². The molecule has 0 unspecified atom stereocenters. The highest BCUT2D eigenvalue weighted by atomic mass is 19.1. The number of hydrogen-bond acceptors (Lipinski definition) is 5. The van der Waals surface area contributed by atoms with Gasteiger partial charge in [-0.3, -0.25) is 14.4 Å². The van der Waals surface area contributed by atoms with E-state index in [2.05, 4.69) is 18.9 Å². The van der Waals surface area contributed by atoms with E-state index in [1.54, 1.807) is 54.1 Å². The van der Waals surface area contributed by atoms with E-state index >= 15 is 0 Å². The molecule has 0 fully saturated rings. The molecule has 39 heavy (non-hydrogen) atoms. The van der Waals surface area contributed by atoms with Gasteiger partial charge in [0.1, 0.15) is 5.69 Å². The summed E-state index contributed by atoms with van der Waals surface area (Å²) < 4.78 is 21.2. The van der Waals surface area contributed by atoms with Gasteiger partial charge in [0.05, 0.1) is 12.3 Å². The lowest BCUT2D eigenvalue weighted by atomic mass is 10.0. The summed E-state index contributed by atoms with van der Waals surface area (Å²) in [5.41, 5.74) is 7.75. The van der Waals surface area contributed by atoms with Gasteiger partial charge in [0.15, 0.2) is 17.3 Å². The molecule has 2 aromatic carbocycles. The first-order chi connectivity index (χ1) is 18.7. The Kier molecular flexibility index (Phi) is 8.32. The largest absolute Gasteiger partial charge is 0.491 e. The zero-order chi connectivity index (χ0) is 28.3. The molecule has 0 spiro atoms. The summed E-state index contributed by atoms with van der Waals surface area (Å²) >= 11 is 0. The standard InChI is InChI=1S/C29H34FN5O4/c1-5-18(3)7-14-25(36)33(4)19-8-10-20(11-9-19)34-16-15-22-26(28(31)37)32-35(27(22)29(34)38)21-12-13-24(39-6-2)23(30)17-21/h8-13,17-18H,5-7,14-16H2,1-4H3,(H2,31,37)/t18-/m1/s1. The maximum atomic E-state index is 14.6. The molecule has 0 saturated heterocycles. The minimum absolute atomic E-state index is 0.0137. The minimum atomic E-state index is -0.761. The number of ether oxygens (including phenoxy) is 1. The first-order valence-corrected chi connectivity index (χ1v) is 13.2. The van der Waals surface area contributed by atoms with E-state index in [1.165, 1.54) is 16.8 Å². The van der Waals surface area contributed by atoms with Crippen LogP contribution in [0.4, 0.5) is 15.8 Å². The van der Waals surface area contributed by atoms with Crippen LogP contribution < -0.4 is 20.3 Å². The molecule has 0 aliphatic carbocycles. The minimum Gasteiger partial charge on any atom is -0.491 e. The van der Waals surface area contributed by atoms with Crippen LogP contribution in [-0.4, -0.2) is 47.7 Å². The normalized spacial score (nSPS) is 13.7. The Labute approximate surface area is 227 Å². The number of carbonyl (C=O) groups is 3. The van der Waals surface area contributed by atoms with Crippen LogP contribution in [0.3, 0.4) is 0 Å². The molecule has 1 atom stereocenters. The highest BCUT2D eigenvalue weighted by Crippen LogP contribution is 2.31. The van der Waals surface area contributed by atoms with Gasteiger partial charge in [-0.25, -0.2) is 9.07 Å². The van der Waals surface area contributed by atoms with Gasteiger partial charge in [-0.2, -0.15) is 5.10 Å². The first kappa shape index (κ1) is 27.8. The molecule has 1 aliphatic rings. The Bertz CT molecular complexity index is 1390. The topological polar surface area (TPSA) is 111 Å². The van der Waals surface area contributed by atoms with Gasteiger partial charge < -0.3 is 20.3 Å². The highest BCUT2D eigenvalue weighted by molar-refractivity contribution is 6.09. The molecule has 10 heteroatoms. The first-order valence-electron chi connectivity index (χ1n) is 13.2. The monoisotopic (exact) mass is 535 g/mol. The van der Waals surface area contributed by atoms with E-state index < -0.39 is 17.6 Å². The molecule has 0 bridgehead atoms. The number of benzene rings is 2. The molecule has 0 radical (unpaired) electrons. The predicted octanol–water partition coefficient (Wildman–Crippen LogP) is 4.50. The number of aromatic nitrogens is 2. The maximum absolute atomic E-state index is 14.6. The van der Waals surface area contributed by atoms with E-state index in [1.807, 2.05) is 0 Å². The molecule has 3 aromatic rings. The molecule has 206 valence electrons. The van der Waals surface area contributed by atoms with Crippen molar-refractivity contribution in [3.63, 3.8) is 0 Å². The number of halogens is 1. The van der Waals surface area contributed by atoms with Gasteiger partial charge in [0, 0.05) is 43.0 Å². The molecule has 4 rings (SSSR count). The van der Waals surface area contributed by atoms with Crippen molar-refractivity contribution in [3.05, 3.63) is 65.2 Å². The van der Waals surface area contributed by atoms with Crippen LogP contribution in [-0.2, 0) is 11.2 Å². The lowest BCUT2D eigenvalue weighted by molar-refractivity contribution is -0.118. The van der Waals surface area contributed by atoms with Crippen LogP contribution in [0.2, 0.25) is 0 Å². The fourth-order valence-corrected chi connectivity index (χ4v) is 4.63. The summed E-state index contributed by atoms with van der Waals surface area (Å²) in [7, 11) is 1.74. The zero-order valence-corrected chi connectivity index (χ0v) is 22.7. The number of hydrogen-bond donors (Lipinski definition) is 1. The molecule has 1 aliphatic heterocycles. The van der Waals surface area contributed by atoms with Crippen LogP contribution in [0.5, 0.6) is 5.75 Å². The average molecular weight is 536 g/mol. The van der Waals surface area contributed by atoms with E-state index in [9.17, 15) is 18.8 Å². The van der Waals surface area contributed by atoms with Gasteiger partial charge in [0.25, 0.3) is 11.8 Å². The van der Waals surface area contributed by atoms with E-state index in [-0.39, 0.29) is 28.7 Å². The average Bonchev–Trinajstić information content (AvgIpc) is 3.33. The third kappa shape index (κ3) is 5.64. The van der Waals surface area contributed by atoms with Gasteiger partial charge >= 0.3 is 0 Å². The second-order valence-corrected chi connectivity index (χ2v) is 9.73. The Morgan fingerprint density at radius 1 is 1.15 bits per heavy atom. The Morgan fingerprint density at radius 3 is 2.46 bits per heavy atom. The number of carbonyl (C=O) groups excluding carboxylic acids is 3. The summed E-state index contributed by atoms with van der Waals surface area (Å²) in [6.07, 6.45) is 2.68.